The van der Waals surface area contributed by atoms with Gasteiger partial charge in [-0.3, -0.25) is 0 Å². The van der Waals surface area contributed by atoms with E-state index in [1.54, 1.807) is 6.07 Å². The third kappa shape index (κ3) is 4.70. The first-order valence-corrected chi connectivity index (χ1v) is 6.21. The summed E-state index contributed by atoms with van der Waals surface area (Å²) in [5.74, 6) is -1.59. The molecule has 0 aliphatic rings. The van der Waals surface area contributed by atoms with E-state index in [1.807, 2.05) is 13.8 Å². The molecule has 4 heteroatoms. The minimum absolute atomic E-state index is 0.0776. The van der Waals surface area contributed by atoms with Crippen molar-refractivity contribution in [3.8, 4) is 0 Å². The van der Waals surface area contributed by atoms with Gasteiger partial charge in [0.25, 0.3) is 0 Å². The number of halogens is 2. The monoisotopic (exact) mass is 257 g/mol. The molecule has 102 valence electrons. The highest BCUT2D eigenvalue weighted by Gasteiger charge is 2.15. The van der Waals surface area contributed by atoms with E-state index in [0.717, 1.165) is 25.5 Å². The molecular formula is C14H21F2NO. The van der Waals surface area contributed by atoms with Gasteiger partial charge in [0.1, 0.15) is 0 Å². The molecule has 0 aliphatic carbocycles. The van der Waals surface area contributed by atoms with Crippen LogP contribution in [0.1, 0.15) is 32.3 Å². The first-order chi connectivity index (χ1) is 8.46. The molecule has 0 spiro atoms. The van der Waals surface area contributed by atoms with E-state index in [9.17, 15) is 8.78 Å². The molecule has 0 atom stereocenters. The number of nitrogens with one attached hydrogen (secondary N) is 1. The van der Waals surface area contributed by atoms with Crippen molar-refractivity contribution in [2.45, 2.75) is 33.2 Å². The summed E-state index contributed by atoms with van der Waals surface area (Å²) < 4.78 is 26.2. The van der Waals surface area contributed by atoms with Crippen LogP contribution in [0.4, 0.5) is 8.78 Å². The van der Waals surface area contributed by atoms with Crippen molar-refractivity contribution in [2.75, 3.05) is 13.2 Å². The number of hydrogen-bond acceptors (Lipinski definition) is 2. The zero-order valence-corrected chi connectivity index (χ0v) is 11.0. The Morgan fingerprint density at radius 3 is 2.67 bits per heavy atom. The molecule has 0 radical (unpaired) electrons. The van der Waals surface area contributed by atoms with Gasteiger partial charge >= 0.3 is 0 Å². The molecule has 18 heavy (non-hydrogen) atoms. The number of benzene rings is 1. The molecule has 0 saturated heterocycles. The summed E-state index contributed by atoms with van der Waals surface area (Å²) in [4.78, 5) is 0. The topological polar surface area (TPSA) is 32.3 Å². The molecular weight excluding hydrogens is 236 g/mol. The normalized spacial score (nSPS) is 11.8. The average molecular weight is 257 g/mol. The minimum atomic E-state index is -0.810. The molecule has 1 aromatic carbocycles. The maximum atomic E-state index is 13.3. The van der Waals surface area contributed by atoms with Crippen LogP contribution in [0.15, 0.2) is 18.2 Å². The zero-order valence-electron chi connectivity index (χ0n) is 11.0. The Morgan fingerprint density at radius 1 is 1.28 bits per heavy atom. The van der Waals surface area contributed by atoms with Crippen LogP contribution in [-0.2, 0) is 6.54 Å². The van der Waals surface area contributed by atoms with Crippen molar-refractivity contribution < 1.29 is 13.9 Å². The highest BCUT2D eigenvalue weighted by Crippen LogP contribution is 2.20. The van der Waals surface area contributed by atoms with Crippen LogP contribution in [0.25, 0.3) is 0 Å². The van der Waals surface area contributed by atoms with Gasteiger partial charge in [-0.15, -0.1) is 0 Å². The maximum Gasteiger partial charge on any atom is 0.163 e. The van der Waals surface area contributed by atoms with Gasteiger partial charge in [-0.1, -0.05) is 26.0 Å². The second-order valence-electron chi connectivity index (χ2n) is 5.32. The quantitative estimate of drug-likeness (QED) is 0.736. The van der Waals surface area contributed by atoms with Gasteiger partial charge in [0.15, 0.2) is 11.6 Å². The molecule has 1 aromatic rings. The molecule has 0 unspecified atom stereocenters. The van der Waals surface area contributed by atoms with Crippen molar-refractivity contribution in [3.63, 3.8) is 0 Å². The Bertz CT molecular complexity index is 380. The van der Waals surface area contributed by atoms with Crippen molar-refractivity contribution in [3.05, 3.63) is 35.4 Å². The zero-order chi connectivity index (χ0) is 13.6. The lowest BCUT2D eigenvalue weighted by atomic mass is 9.89. The van der Waals surface area contributed by atoms with E-state index in [2.05, 4.69) is 5.32 Å². The SMILES string of the molecule is CC(C)(CO)CCCNCc1cccc(F)c1F. The summed E-state index contributed by atoms with van der Waals surface area (Å²) in [6, 6.07) is 4.19. The first-order valence-electron chi connectivity index (χ1n) is 6.21. The standard InChI is InChI=1S/C14H21F2NO/c1-14(2,10-18)7-4-8-17-9-11-5-3-6-12(15)13(11)16/h3,5-6,17-18H,4,7-10H2,1-2H3. The Kier molecular flexibility index (Phi) is 5.69. The average Bonchev–Trinajstić information content (AvgIpc) is 2.34. The minimum Gasteiger partial charge on any atom is -0.396 e. The van der Waals surface area contributed by atoms with Gasteiger partial charge in [0.2, 0.25) is 0 Å². The van der Waals surface area contributed by atoms with Gasteiger partial charge in [-0.05, 0) is 30.9 Å². The van der Waals surface area contributed by atoms with Crippen LogP contribution < -0.4 is 5.32 Å². The summed E-state index contributed by atoms with van der Waals surface area (Å²) in [7, 11) is 0. The smallest absolute Gasteiger partial charge is 0.163 e. The van der Waals surface area contributed by atoms with Crippen molar-refractivity contribution in [2.24, 2.45) is 5.41 Å². The fraction of sp³-hybridized carbons (Fsp3) is 0.571. The molecule has 0 heterocycles. The molecule has 2 nitrogen and oxygen atoms in total. The van der Waals surface area contributed by atoms with E-state index < -0.39 is 11.6 Å². The highest BCUT2D eigenvalue weighted by molar-refractivity contribution is 5.18. The van der Waals surface area contributed by atoms with Crippen LogP contribution in [0.2, 0.25) is 0 Å². The summed E-state index contributed by atoms with van der Waals surface area (Å²) in [6.07, 6.45) is 1.78. The fourth-order valence-electron chi connectivity index (χ4n) is 1.68. The Hall–Kier alpha value is -1.00. The van der Waals surface area contributed by atoms with E-state index in [-0.39, 0.29) is 12.0 Å². The van der Waals surface area contributed by atoms with Gasteiger partial charge < -0.3 is 10.4 Å². The molecule has 0 aliphatic heterocycles. The van der Waals surface area contributed by atoms with Crippen LogP contribution in [0.5, 0.6) is 0 Å². The number of aliphatic hydroxyl groups is 1. The third-order valence-electron chi connectivity index (χ3n) is 2.98. The van der Waals surface area contributed by atoms with Crippen LogP contribution in [0.3, 0.4) is 0 Å². The van der Waals surface area contributed by atoms with E-state index in [0.29, 0.717) is 12.1 Å². The van der Waals surface area contributed by atoms with Gasteiger partial charge in [-0.2, -0.15) is 0 Å². The number of hydrogen-bond donors (Lipinski definition) is 2. The second kappa shape index (κ2) is 6.81. The number of rotatable bonds is 7. The summed E-state index contributed by atoms with van der Waals surface area (Å²) >= 11 is 0. The lowest BCUT2D eigenvalue weighted by Crippen LogP contribution is -2.21. The van der Waals surface area contributed by atoms with E-state index in [1.165, 1.54) is 6.07 Å². The Balaban J connectivity index is 2.28. The maximum absolute atomic E-state index is 13.3. The van der Waals surface area contributed by atoms with Crippen LogP contribution in [0, 0.1) is 17.0 Å². The highest BCUT2D eigenvalue weighted by atomic mass is 19.2. The summed E-state index contributed by atoms with van der Waals surface area (Å²) in [6.45, 7) is 5.20. The molecule has 0 bridgehead atoms. The van der Waals surface area contributed by atoms with Crippen molar-refractivity contribution >= 4 is 0 Å². The van der Waals surface area contributed by atoms with Crippen LogP contribution >= 0.6 is 0 Å². The van der Waals surface area contributed by atoms with Crippen molar-refractivity contribution in [1.82, 2.24) is 5.32 Å². The number of aliphatic hydroxyl groups excluding tert-OH is 1. The largest absolute Gasteiger partial charge is 0.396 e. The van der Waals surface area contributed by atoms with Gasteiger partial charge in [0.05, 0.1) is 0 Å². The lowest BCUT2D eigenvalue weighted by Gasteiger charge is -2.21. The Labute approximate surface area is 107 Å². The first kappa shape index (κ1) is 15.1. The van der Waals surface area contributed by atoms with Gasteiger partial charge in [-0.25, -0.2) is 8.78 Å². The Morgan fingerprint density at radius 2 is 2.00 bits per heavy atom. The predicted molar refractivity (Wildman–Crippen MR) is 68.2 cm³/mol. The van der Waals surface area contributed by atoms with E-state index in [4.69, 9.17) is 5.11 Å². The molecule has 0 fully saturated rings. The predicted octanol–water partition coefficient (Wildman–Crippen LogP) is 2.85. The molecule has 2 N–H and O–H groups in total. The molecule has 0 aromatic heterocycles. The second-order valence-corrected chi connectivity index (χ2v) is 5.32. The fourth-order valence-corrected chi connectivity index (χ4v) is 1.68. The molecule has 0 saturated carbocycles. The molecule has 1 rings (SSSR count). The molecule has 0 amide bonds. The van der Waals surface area contributed by atoms with Gasteiger partial charge in [0, 0.05) is 18.7 Å². The van der Waals surface area contributed by atoms with Crippen molar-refractivity contribution in [1.29, 1.82) is 0 Å². The van der Waals surface area contributed by atoms with Crippen LogP contribution in [-0.4, -0.2) is 18.3 Å². The summed E-state index contributed by atoms with van der Waals surface area (Å²) in [5, 5.41) is 12.2. The lowest BCUT2D eigenvalue weighted by molar-refractivity contribution is 0.148. The van der Waals surface area contributed by atoms with E-state index >= 15 is 0 Å². The summed E-state index contributed by atoms with van der Waals surface area (Å²) in [5.41, 5.74) is 0.266. The third-order valence-corrected chi connectivity index (χ3v) is 2.98.